The Morgan fingerprint density at radius 3 is 2.78 bits per heavy atom. The van der Waals surface area contributed by atoms with Crippen LogP contribution in [0.15, 0.2) is 18.3 Å². The molecule has 18 heavy (non-hydrogen) atoms. The number of pyridine rings is 1. The van der Waals surface area contributed by atoms with Crippen molar-refractivity contribution in [2.24, 2.45) is 0 Å². The average Bonchev–Trinajstić information content (AvgIpc) is 2.43. The van der Waals surface area contributed by atoms with E-state index in [-0.39, 0.29) is 6.04 Å². The first-order chi connectivity index (χ1) is 8.83. The molecular formula is C13H22N2O3. The Morgan fingerprint density at radius 2 is 2.11 bits per heavy atom. The highest BCUT2D eigenvalue weighted by molar-refractivity contribution is 5.29. The fourth-order valence-electron chi connectivity index (χ4n) is 1.70. The minimum absolute atomic E-state index is 0.128. The number of hydrogen-bond donors (Lipinski definition) is 1. The highest BCUT2D eigenvalue weighted by atomic mass is 16.5. The van der Waals surface area contributed by atoms with Crippen molar-refractivity contribution in [1.29, 1.82) is 0 Å². The molecule has 0 spiro atoms. The Hall–Kier alpha value is -1.17. The Morgan fingerprint density at radius 1 is 1.28 bits per heavy atom. The normalized spacial score (nSPS) is 12.4. The van der Waals surface area contributed by atoms with Crippen LogP contribution in [0, 0.1) is 0 Å². The van der Waals surface area contributed by atoms with Crippen LogP contribution in [0.3, 0.4) is 0 Å². The molecule has 1 unspecified atom stereocenters. The fraction of sp³-hybridized carbons (Fsp3) is 0.615. The lowest BCUT2D eigenvalue weighted by molar-refractivity contribution is 0.0658. The molecule has 5 nitrogen and oxygen atoms in total. The van der Waals surface area contributed by atoms with Gasteiger partial charge < -0.3 is 19.5 Å². The van der Waals surface area contributed by atoms with E-state index in [0.717, 1.165) is 17.9 Å². The zero-order chi connectivity index (χ0) is 13.2. The predicted octanol–water partition coefficient (Wildman–Crippen LogP) is 1.40. The molecule has 0 radical (unpaired) electrons. The molecular weight excluding hydrogens is 232 g/mol. The van der Waals surface area contributed by atoms with E-state index >= 15 is 0 Å². The number of nitrogens with zero attached hydrogens (tertiary/aromatic N) is 1. The molecule has 0 amide bonds. The van der Waals surface area contributed by atoms with Gasteiger partial charge in [-0.25, -0.2) is 0 Å². The summed E-state index contributed by atoms with van der Waals surface area (Å²) in [4.78, 5) is 4.37. The number of ether oxygens (including phenoxy) is 3. The molecule has 0 aliphatic rings. The molecule has 1 N–H and O–H groups in total. The maximum atomic E-state index is 5.47. The van der Waals surface area contributed by atoms with Crippen LogP contribution in [0.25, 0.3) is 0 Å². The summed E-state index contributed by atoms with van der Waals surface area (Å²) < 4.78 is 15.7. The van der Waals surface area contributed by atoms with E-state index in [2.05, 4.69) is 10.3 Å². The molecule has 1 aromatic rings. The number of methoxy groups -OCH3 is 2. The third-order valence-electron chi connectivity index (χ3n) is 2.68. The largest absolute Gasteiger partial charge is 0.495 e. The van der Waals surface area contributed by atoms with Gasteiger partial charge in [-0.1, -0.05) is 0 Å². The van der Waals surface area contributed by atoms with Crippen LogP contribution in [0.1, 0.15) is 18.2 Å². The van der Waals surface area contributed by atoms with Crippen LogP contribution < -0.4 is 10.1 Å². The van der Waals surface area contributed by atoms with Crippen LogP contribution in [0.2, 0.25) is 0 Å². The predicted molar refractivity (Wildman–Crippen MR) is 69.9 cm³/mol. The van der Waals surface area contributed by atoms with E-state index in [9.17, 15) is 0 Å². The van der Waals surface area contributed by atoms with Gasteiger partial charge in [0.15, 0.2) is 0 Å². The van der Waals surface area contributed by atoms with Crippen LogP contribution in [-0.4, -0.2) is 46.1 Å². The van der Waals surface area contributed by atoms with Crippen molar-refractivity contribution in [2.75, 3.05) is 41.1 Å². The molecule has 1 heterocycles. The second-order valence-electron chi connectivity index (χ2n) is 3.83. The summed E-state index contributed by atoms with van der Waals surface area (Å²) in [5.74, 6) is 0.800. The van der Waals surface area contributed by atoms with Crippen molar-refractivity contribution >= 4 is 0 Å². The molecule has 0 aliphatic carbocycles. The van der Waals surface area contributed by atoms with Gasteiger partial charge in [0.1, 0.15) is 5.75 Å². The quantitative estimate of drug-likeness (QED) is 0.675. The number of hydrogen-bond acceptors (Lipinski definition) is 5. The molecule has 0 fully saturated rings. The van der Waals surface area contributed by atoms with E-state index in [1.165, 1.54) is 0 Å². The summed E-state index contributed by atoms with van der Waals surface area (Å²) >= 11 is 0. The molecule has 0 saturated heterocycles. The fourth-order valence-corrected chi connectivity index (χ4v) is 1.70. The summed E-state index contributed by atoms with van der Waals surface area (Å²) in [6.07, 6.45) is 2.61. The maximum absolute atomic E-state index is 5.47. The van der Waals surface area contributed by atoms with Crippen LogP contribution >= 0.6 is 0 Å². The van der Waals surface area contributed by atoms with Gasteiger partial charge in [-0.05, 0) is 25.6 Å². The summed E-state index contributed by atoms with van der Waals surface area (Å²) in [5, 5.41) is 3.23. The second-order valence-corrected chi connectivity index (χ2v) is 3.83. The monoisotopic (exact) mass is 254 g/mol. The first kappa shape index (κ1) is 14.9. The van der Waals surface area contributed by atoms with Gasteiger partial charge in [0.05, 0.1) is 32.1 Å². The summed E-state index contributed by atoms with van der Waals surface area (Å²) in [6, 6.07) is 3.91. The van der Waals surface area contributed by atoms with Crippen molar-refractivity contribution in [3.05, 3.63) is 24.0 Å². The van der Waals surface area contributed by atoms with E-state index in [1.54, 1.807) is 20.4 Å². The number of aromatic nitrogens is 1. The van der Waals surface area contributed by atoms with Gasteiger partial charge in [0.25, 0.3) is 0 Å². The molecule has 1 atom stereocenters. The molecule has 1 aromatic heterocycles. The number of rotatable bonds is 9. The zero-order valence-electron chi connectivity index (χ0n) is 11.3. The summed E-state index contributed by atoms with van der Waals surface area (Å²) in [5.41, 5.74) is 0.915. The maximum Gasteiger partial charge on any atom is 0.141 e. The van der Waals surface area contributed by atoms with Gasteiger partial charge in [-0.15, -0.1) is 0 Å². The average molecular weight is 254 g/mol. The van der Waals surface area contributed by atoms with Gasteiger partial charge in [0, 0.05) is 19.9 Å². The van der Waals surface area contributed by atoms with E-state index < -0.39 is 0 Å². The Bertz CT molecular complexity index is 334. The SMILES string of the molecule is CNC(CCOCCOC)c1ncccc1OC. The Labute approximate surface area is 108 Å². The topological polar surface area (TPSA) is 52.6 Å². The zero-order valence-corrected chi connectivity index (χ0v) is 11.3. The van der Waals surface area contributed by atoms with Gasteiger partial charge in [-0.2, -0.15) is 0 Å². The van der Waals surface area contributed by atoms with Crippen LogP contribution in [0.5, 0.6) is 5.75 Å². The second kappa shape index (κ2) is 8.85. The Kier molecular flexibility index (Phi) is 7.32. The summed E-state index contributed by atoms with van der Waals surface area (Å²) in [7, 11) is 5.23. The van der Waals surface area contributed by atoms with E-state index in [1.807, 2.05) is 19.2 Å². The van der Waals surface area contributed by atoms with Crippen LogP contribution in [-0.2, 0) is 9.47 Å². The molecule has 0 bridgehead atoms. The highest BCUT2D eigenvalue weighted by Gasteiger charge is 2.15. The lowest BCUT2D eigenvalue weighted by Gasteiger charge is -2.18. The van der Waals surface area contributed by atoms with Crippen molar-refractivity contribution in [3.8, 4) is 5.75 Å². The van der Waals surface area contributed by atoms with Gasteiger partial charge in [0.2, 0.25) is 0 Å². The van der Waals surface area contributed by atoms with Crippen molar-refractivity contribution in [1.82, 2.24) is 10.3 Å². The van der Waals surface area contributed by atoms with E-state index in [0.29, 0.717) is 19.8 Å². The molecule has 0 aromatic carbocycles. The Balaban J connectivity index is 2.49. The minimum Gasteiger partial charge on any atom is -0.495 e. The number of nitrogens with one attached hydrogen (secondary N) is 1. The van der Waals surface area contributed by atoms with Crippen molar-refractivity contribution < 1.29 is 14.2 Å². The molecule has 1 rings (SSSR count). The van der Waals surface area contributed by atoms with Crippen molar-refractivity contribution in [2.45, 2.75) is 12.5 Å². The minimum atomic E-state index is 0.128. The first-order valence-corrected chi connectivity index (χ1v) is 6.06. The molecule has 0 saturated carbocycles. The van der Waals surface area contributed by atoms with E-state index in [4.69, 9.17) is 14.2 Å². The third kappa shape index (κ3) is 4.60. The molecule has 0 aliphatic heterocycles. The molecule has 5 heteroatoms. The lowest BCUT2D eigenvalue weighted by atomic mass is 10.1. The highest BCUT2D eigenvalue weighted by Crippen LogP contribution is 2.24. The van der Waals surface area contributed by atoms with Gasteiger partial charge >= 0.3 is 0 Å². The lowest BCUT2D eigenvalue weighted by Crippen LogP contribution is -2.20. The third-order valence-corrected chi connectivity index (χ3v) is 2.68. The molecule has 102 valence electrons. The van der Waals surface area contributed by atoms with Crippen molar-refractivity contribution in [3.63, 3.8) is 0 Å². The van der Waals surface area contributed by atoms with Crippen LogP contribution in [0.4, 0.5) is 0 Å². The summed E-state index contributed by atoms with van der Waals surface area (Å²) in [6.45, 7) is 1.90. The van der Waals surface area contributed by atoms with Gasteiger partial charge in [-0.3, -0.25) is 4.98 Å². The first-order valence-electron chi connectivity index (χ1n) is 6.06. The standard InChI is InChI=1S/C13H22N2O3/c1-14-11(6-8-18-10-9-16-2)13-12(17-3)5-4-7-15-13/h4-5,7,11,14H,6,8-10H2,1-3H3. The smallest absolute Gasteiger partial charge is 0.141 e.